The Kier molecular flexibility index (Phi) is 6.84. The van der Waals surface area contributed by atoms with Gasteiger partial charge in [0, 0.05) is 58.8 Å². The van der Waals surface area contributed by atoms with E-state index in [1.165, 1.54) is 13.5 Å². The SMILES string of the molecule is CN1CCN(S(=O)(=O)N2CCN(C(=O)C3CC(F)(F)CN3)CC2)CC1.Cl. The minimum Gasteiger partial charge on any atom is -0.339 e. The van der Waals surface area contributed by atoms with Crippen molar-refractivity contribution in [3.05, 3.63) is 0 Å². The van der Waals surface area contributed by atoms with Gasteiger partial charge in [-0.1, -0.05) is 0 Å². The lowest BCUT2D eigenvalue weighted by Gasteiger charge is -2.39. The van der Waals surface area contributed by atoms with Gasteiger partial charge < -0.3 is 9.80 Å². The fraction of sp³-hybridized carbons (Fsp3) is 0.929. The molecule has 0 saturated carbocycles. The number of carbonyl (C=O) groups is 1. The number of rotatable bonds is 3. The number of halogens is 3. The van der Waals surface area contributed by atoms with Gasteiger partial charge in [-0.2, -0.15) is 17.0 Å². The van der Waals surface area contributed by atoms with Crippen molar-refractivity contribution in [1.82, 2.24) is 23.7 Å². The number of carbonyl (C=O) groups excluding carboxylic acids is 1. The van der Waals surface area contributed by atoms with E-state index in [4.69, 9.17) is 0 Å². The average Bonchev–Trinajstić information content (AvgIpc) is 2.95. The van der Waals surface area contributed by atoms with Gasteiger partial charge >= 0.3 is 0 Å². The third-order valence-electron chi connectivity index (χ3n) is 5.07. The van der Waals surface area contributed by atoms with E-state index >= 15 is 0 Å². The lowest BCUT2D eigenvalue weighted by Crippen LogP contribution is -2.58. The molecule has 0 aliphatic carbocycles. The second-order valence-electron chi connectivity index (χ2n) is 6.93. The Labute approximate surface area is 159 Å². The number of amides is 1. The van der Waals surface area contributed by atoms with Crippen LogP contribution in [0.3, 0.4) is 0 Å². The van der Waals surface area contributed by atoms with Crippen molar-refractivity contribution in [1.29, 1.82) is 0 Å². The normalized spacial score (nSPS) is 28.7. The Morgan fingerprint density at radius 1 is 1.00 bits per heavy atom. The molecule has 26 heavy (non-hydrogen) atoms. The maximum atomic E-state index is 13.2. The summed E-state index contributed by atoms with van der Waals surface area (Å²) < 4.78 is 54.7. The van der Waals surface area contributed by atoms with E-state index in [0.717, 1.165) is 0 Å². The summed E-state index contributed by atoms with van der Waals surface area (Å²) in [6.45, 7) is 2.68. The van der Waals surface area contributed by atoms with Crippen LogP contribution in [0.5, 0.6) is 0 Å². The largest absolute Gasteiger partial charge is 0.339 e. The zero-order chi connectivity index (χ0) is 18.2. The van der Waals surface area contributed by atoms with Crippen molar-refractivity contribution in [3.63, 3.8) is 0 Å². The van der Waals surface area contributed by atoms with Crippen LogP contribution in [-0.2, 0) is 15.0 Å². The van der Waals surface area contributed by atoms with Gasteiger partial charge in [-0.15, -0.1) is 12.4 Å². The number of piperazine rings is 2. The summed E-state index contributed by atoms with van der Waals surface area (Å²) in [4.78, 5) is 15.9. The fourth-order valence-corrected chi connectivity index (χ4v) is 5.01. The lowest BCUT2D eigenvalue weighted by molar-refractivity contribution is -0.134. The first-order chi connectivity index (χ1) is 11.7. The molecule has 1 unspecified atom stereocenters. The van der Waals surface area contributed by atoms with Crippen LogP contribution >= 0.6 is 12.4 Å². The van der Waals surface area contributed by atoms with Crippen LogP contribution in [0.1, 0.15) is 6.42 Å². The monoisotopic (exact) mass is 417 g/mol. The maximum Gasteiger partial charge on any atom is 0.282 e. The zero-order valence-electron chi connectivity index (χ0n) is 14.7. The van der Waals surface area contributed by atoms with Gasteiger partial charge in [0.15, 0.2) is 0 Å². The molecular weight excluding hydrogens is 392 g/mol. The first-order valence-electron chi connectivity index (χ1n) is 8.53. The Hall–Kier alpha value is -0.590. The summed E-state index contributed by atoms with van der Waals surface area (Å²) in [5.41, 5.74) is 0. The molecule has 3 heterocycles. The molecule has 1 atom stereocenters. The highest BCUT2D eigenvalue weighted by molar-refractivity contribution is 7.86. The highest BCUT2D eigenvalue weighted by Crippen LogP contribution is 2.26. The summed E-state index contributed by atoms with van der Waals surface area (Å²) >= 11 is 0. The third kappa shape index (κ3) is 4.63. The standard InChI is InChI=1S/C14H25F2N5O3S.ClH/c1-18-2-6-20(7-3-18)25(23,24)21-8-4-19(5-9-21)13(22)12-10-14(15,16)11-17-12;/h12,17H,2-11H2,1H3;1H. The van der Waals surface area contributed by atoms with E-state index in [1.54, 1.807) is 0 Å². The van der Waals surface area contributed by atoms with Crippen LogP contribution in [0.2, 0.25) is 0 Å². The van der Waals surface area contributed by atoms with E-state index in [-0.39, 0.29) is 44.5 Å². The number of nitrogens with zero attached hydrogens (tertiary/aromatic N) is 4. The number of hydrogen-bond acceptors (Lipinski definition) is 5. The predicted molar refractivity (Wildman–Crippen MR) is 94.7 cm³/mol. The summed E-state index contributed by atoms with van der Waals surface area (Å²) in [6, 6.07) is -0.879. The Bertz CT molecular complexity index is 608. The molecular formula is C14H26ClF2N5O3S. The highest BCUT2D eigenvalue weighted by atomic mass is 35.5. The van der Waals surface area contributed by atoms with E-state index in [9.17, 15) is 22.0 Å². The molecule has 152 valence electrons. The average molecular weight is 418 g/mol. The molecule has 1 amide bonds. The van der Waals surface area contributed by atoms with Crippen molar-refractivity contribution in [2.24, 2.45) is 0 Å². The summed E-state index contributed by atoms with van der Waals surface area (Å²) in [7, 11) is -1.58. The van der Waals surface area contributed by atoms with Crippen LogP contribution in [-0.4, -0.2) is 111 Å². The summed E-state index contributed by atoms with van der Waals surface area (Å²) in [6.07, 6.45) is -0.494. The van der Waals surface area contributed by atoms with Gasteiger partial charge in [0.05, 0.1) is 12.6 Å². The molecule has 3 saturated heterocycles. The smallest absolute Gasteiger partial charge is 0.282 e. The molecule has 1 N–H and O–H groups in total. The molecule has 0 bridgehead atoms. The van der Waals surface area contributed by atoms with Crippen molar-refractivity contribution >= 4 is 28.5 Å². The predicted octanol–water partition coefficient (Wildman–Crippen LogP) is -0.958. The molecule has 3 aliphatic rings. The van der Waals surface area contributed by atoms with E-state index in [1.807, 2.05) is 7.05 Å². The Morgan fingerprint density at radius 2 is 1.50 bits per heavy atom. The molecule has 0 aromatic rings. The maximum absolute atomic E-state index is 13.2. The summed E-state index contributed by atoms with van der Waals surface area (Å²) in [5, 5.41) is 2.56. The van der Waals surface area contributed by atoms with Crippen molar-refractivity contribution < 1.29 is 22.0 Å². The molecule has 0 aromatic carbocycles. The number of likely N-dealkylation sites (N-methyl/N-ethyl adjacent to an activating group) is 1. The third-order valence-corrected chi connectivity index (χ3v) is 7.11. The molecule has 8 nitrogen and oxygen atoms in total. The molecule has 0 aromatic heterocycles. The van der Waals surface area contributed by atoms with Crippen molar-refractivity contribution in [2.75, 3.05) is 66.0 Å². The van der Waals surface area contributed by atoms with Crippen LogP contribution < -0.4 is 5.32 Å². The molecule has 0 spiro atoms. The van der Waals surface area contributed by atoms with Gasteiger partial charge in [-0.3, -0.25) is 10.1 Å². The topological polar surface area (TPSA) is 76.2 Å². The molecule has 3 fully saturated rings. The van der Waals surface area contributed by atoms with Crippen LogP contribution in [0.15, 0.2) is 0 Å². The molecule has 3 aliphatic heterocycles. The van der Waals surface area contributed by atoms with E-state index in [2.05, 4.69) is 10.2 Å². The lowest BCUT2D eigenvalue weighted by atomic mass is 10.1. The van der Waals surface area contributed by atoms with E-state index in [0.29, 0.717) is 26.2 Å². The van der Waals surface area contributed by atoms with Crippen LogP contribution in [0.4, 0.5) is 8.78 Å². The number of nitrogens with one attached hydrogen (secondary N) is 1. The second kappa shape index (κ2) is 8.19. The molecule has 12 heteroatoms. The number of hydrogen-bond donors (Lipinski definition) is 1. The van der Waals surface area contributed by atoms with Crippen molar-refractivity contribution in [3.8, 4) is 0 Å². The number of alkyl halides is 2. The minimum absolute atomic E-state index is 0. The van der Waals surface area contributed by atoms with Crippen molar-refractivity contribution in [2.45, 2.75) is 18.4 Å². The van der Waals surface area contributed by atoms with Gasteiger partial charge in [0.2, 0.25) is 5.91 Å². The van der Waals surface area contributed by atoms with Gasteiger partial charge in [-0.05, 0) is 7.05 Å². The van der Waals surface area contributed by atoms with Crippen LogP contribution in [0.25, 0.3) is 0 Å². The molecule has 0 radical (unpaired) electrons. The Balaban J connectivity index is 0.00000243. The second-order valence-corrected chi connectivity index (χ2v) is 8.86. The minimum atomic E-state index is -3.53. The fourth-order valence-electron chi connectivity index (χ4n) is 3.43. The van der Waals surface area contributed by atoms with Crippen LogP contribution in [0, 0.1) is 0 Å². The summed E-state index contributed by atoms with van der Waals surface area (Å²) in [5.74, 6) is -3.22. The first-order valence-corrected chi connectivity index (χ1v) is 9.92. The highest BCUT2D eigenvalue weighted by Gasteiger charge is 2.44. The Morgan fingerprint density at radius 3 is 1.96 bits per heavy atom. The van der Waals surface area contributed by atoms with E-state index < -0.39 is 35.1 Å². The zero-order valence-corrected chi connectivity index (χ0v) is 16.4. The molecule has 3 rings (SSSR count). The van der Waals surface area contributed by atoms with Gasteiger partial charge in [0.25, 0.3) is 16.1 Å². The first kappa shape index (κ1) is 21.7. The quantitative estimate of drug-likeness (QED) is 0.640. The van der Waals surface area contributed by atoms with Gasteiger partial charge in [0.1, 0.15) is 0 Å². The van der Waals surface area contributed by atoms with Gasteiger partial charge in [-0.25, -0.2) is 8.78 Å².